The van der Waals surface area contributed by atoms with Crippen molar-refractivity contribution in [3.63, 3.8) is 0 Å². The van der Waals surface area contributed by atoms with Crippen LogP contribution in [0.4, 0.5) is 0 Å². The minimum atomic E-state index is -3.17. The lowest BCUT2D eigenvalue weighted by molar-refractivity contribution is -0.148. The minimum absolute atomic E-state index is 0.218. The van der Waals surface area contributed by atoms with E-state index in [-0.39, 0.29) is 17.1 Å². The summed E-state index contributed by atoms with van der Waals surface area (Å²) in [4.78, 5) is 11.2. The van der Waals surface area contributed by atoms with Crippen LogP contribution in [0.15, 0.2) is 0 Å². The molecule has 0 aromatic carbocycles. The first kappa shape index (κ1) is 12.8. The van der Waals surface area contributed by atoms with E-state index in [0.29, 0.717) is 25.9 Å². The quantitative estimate of drug-likeness (QED) is 0.703. The van der Waals surface area contributed by atoms with Gasteiger partial charge in [0.1, 0.15) is 0 Å². The van der Waals surface area contributed by atoms with Crippen LogP contribution < -0.4 is 0 Å². The largest absolute Gasteiger partial charge is 0.469 e. The molecule has 0 radical (unpaired) electrons. The Labute approximate surface area is 102 Å². The SMILES string of the molecule is COC(=O)[C@H]1C[C@H](S(=O)(=O)N2CCCCC2)C1. The van der Waals surface area contributed by atoms with Gasteiger partial charge >= 0.3 is 5.97 Å². The maximum atomic E-state index is 12.2. The molecule has 0 aromatic heterocycles. The lowest BCUT2D eigenvalue weighted by atomic mass is 9.85. The van der Waals surface area contributed by atoms with Crippen LogP contribution in [0.3, 0.4) is 0 Å². The van der Waals surface area contributed by atoms with Crippen LogP contribution in [0.25, 0.3) is 0 Å². The summed E-state index contributed by atoms with van der Waals surface area (Å²) in [5.74, 6) is -0.500. The van der Waals surface area contributed by atoms with Crippen molar-refractivity contribution in [1.29, 1.82) is 0 Å². The maximum absolute atomic E-state index is 12.2. The fraction of sp³-hybridized carbons (Fsp3) is 0.909. The number of ether oxygens (including phenoxy) is 1. The normalized spacial score (nSPS) is 30.6. The van der Waals surface area contributed by atoms with Gasteiger partial charge in [0.05, 0.1) is 18.3 Å². The van der Waals surface area contributed by atoms with Crippen molar-refractivity contribution in [2.75, 3.05) is 20.2 Å². The van der Waals surface area contributed by atoms with Crippen molar-refractivity contribution in [3.05, 3.63) is 0 Å². The van der Waals surface area contributed by atoms with E-state index in [1.807, 2.05) is 0 Å². The van der Waals surface area contributed by atoms with Gasteiger partial charge in [-0.2, -0.15) is 0 Å². The molecule has 2 aliphatic rings. The van der Waals surface area contributed by atoms with Crippen LogP contribution in [0.5, 0.6) is 0 Å². The van der Waals surface area contributed by atoms with E-state index in [9.17, 15) is 13.2 Å². The molecule has 1 aliphatic heterocycles. The monoisotopic (exact) mass is 261 g/mol. The number of rotatable bonds is 3. The van der Waals surface area contributed by atoms with Crippen molar-refractivity contribution < 1.29 is 17.9 Å². The highest BCUT2D eigenvalue weighted by Crippen LogP contribution is 2.36. The van der Waals surface area contributed by atoms with E-state index >= 15 is 0 Å². The Morgan fingerprint density at radius 3 is 2.29 bits per heavy atom. The molecule has 1 heterocycles. The fourth-order valence-electron chi connectivity index (χ4n) is 2.50. The first-order chi connectivity index (χ1) is 8.05. The van der Waals surface area contributed by atoms with Crippen molar-refractivity contribution in [2.24, 2.45) is 5.92 Å². The van der Waals surface area contributed by atoms with E-state index in [4.69, 9.17) is 0 Å². The average molecular weight is 261 g/mol. The molecule has 2 rings (SSSR count). The molecule has 0 unspecified atom stereocenters. The highest BCUT2D eigenvalue weighted by Gasteiger charge is 2.45. The molecule has 0 amide bonds. The van der Waals surface area contributed by atoms with Crippen LogP contribution in [-0.4, -0.2) is 44.1 Å². The van der Waals surface area contributed by atoms with Gasteiger partial charge in [-0.1, -0.05) is 6.42 Å². The summed E-state index contributed by atoms with van der Waals surface area (Å²) in [6.45, 7) is 1.28. The van der Waals surface area contributed by atoms with E-state index < -0.39 is 10.0 Å². The van der Waals surface area contributed by atoms with Crippen molar-refractivity contribution in [1.82, 2.24) is 4.31 Å². The van der Waals surface area contributed by atoms with Crippen molar-refractivity contribution in [2.45, 2.75) is 37.4 Å². The maximum Gasteiger partial charge on any atom is 0.308 e. The molecule has 6 heteroatoms. The van der Waals surface area contributed by atoms with Gasteiger partial charge in [0.15, 0.2) is 0 Å². The number of carbonyl (C=O) groups is 1. The molecule has 0 N–H and O–H groups in total. The third-order valence-corrected chi connectivity index (χ3v) is 6.04. The Morgan fingerprint density at radius 2 is 1.76 bits per heavy atom. The van der Waals surface area contributed by atoms with E-state index in [2.05, 4.69) is 4.74 Å². The van der Waals surface area contributed by atoms with Crippen LogP contribution in [0, 0.1) is 5.92 Å². The van der Waals surface area contributed by atoms with Gasteiger partial charge in [-0.05, 0) is 25.7 Å². The predicted molar refractivity (Wildman–Crippen MR) is 62.9 cm³/mol. The summed E-state index contributed by atoms with van der Waals surface area (Å²) in [7, 11) is -1.83. The molecule has 2 fully saturated rings. The van der Waals surface area contributed by atoms with Gasteiger partial charge in [-0.3, -0.25) is 4.79 Å². The number of hydrogen-bond donors (Lipinski definition) is 0. The number of piperidine rings is 1. The molecule has 5 nitrogen and oxygen atoms in total. The molecular formula is C11H19NO4S. The lowest BCUT2D eigenvalue weighted by Gasteiger charge is -2.37. The molecular weight excluding hydrogens is 242 g/mol. The summed E-state index contributed by atoms with van der Waals surface area (Å²) in [5.41, 5.74) is 0. The zero-order valence-corrected chi connectivity index (χ0v) is 10.9. The van der Waals surface area contributed by atoms with Crippen LogP contribution >= 0.6 is 0 Å². The lowest BCUT2D eigenvalue weighted by Crippen LogP contribution is -2.48. The zero-order chi connectivity index (χ0) is 12.5. The predicted octanol–water partition coefficient (Wildman–Crippen LogP) is 0.754. The third kappa shape index (κ3) is 2.47. The highest BCUT2D eigenvalue weighted by molar-refractivity contribution is 7.89. The van der Waals surface area contributed by atoms with Crippen molar-refractivity contribution in [3.8, 4) is 0 Å². The number of nitrogens with zero attached hydrogens (tertiary/aromatic N) is 1. The molecule has 0 atom stereocenters. The number of carbonyl (C=O) groups excluding carboxylic acids is 1. The summed E-state index contributed by atoms with van der Waals surface area (Å²) < 4.78 is 30.6. The van der Waals surface area contributed by atoms with Crippen LogP contribution in [0.1, 0.15) is 32.1 Å². The van der Waals surface area contributed by atoms with Gasteiger partial charge in [-0.25, -0.2) is 12.7 Å². The second-order valence-corrected chi connectivity index (χ2v) is 7.03. The second kappa shape index (κ2) is 4.94. The number of methoxy groups -OCH3 is 1. The molecule has 1 saturated heterocycles. The smallest absolute Gasteiger partial charge is 0.308 e. The van der Waals surface area contributed by atoms with Gasteiger partial charge < -0.3 is 4.74 Å². The van der Waals surface area contributed by atoms with E-state index in [1.165, 1.54) is 7.11 Å². The third-order valence-electron chi connectivity index (χ3n) is 3.73. The molecule has 1 aliphatic carbocycles. The average Bonchev–Trinajstić information content (AvgIpc) is 2.27. The first-order valence-corrected chi connectivity index (χ1v) is 7.63. The van der Waals surface area contributed by atoms with Gasteiger partial charge in [0.25, 0.3) is 0 Å². The molecule has 17 heavy (non-hydrogen) atoms. The summed E-state index contributed by atoms with van der Waals surface area (Å²) in [6.07, 6.45) is 3.86. The first-order valence-electron chi connectivity index (χ1n) is 6.12. The highest BCUT2D eigenvalue weighted by atomic mass is 32.2. The molecule has 0 aromatic rings. The Kier molecular flexibility index (Phi) is 3.73. The van der Waals surface area contributed by atoms with E-state index in [0.717, 1.165) is 19.3 Å². The summed E-state index contributed by atoms with van der Waals surface area (Å²) in [6, 6.07) is 0. The second-order valence-electron chi connectivity index (χ2n) is 4.82. The van der Waals surface area contributed by atoms with Crippen molar-refractivity contribution >= 4 is 16.0 Å². The molecule has 1 saturated carbocycles. The summed E-state index contributed by atoms with van der Waals surface area (Å²) >= 11 is 0. The standard InChI is InChI=1S/C11H19NO4S/c1-16-11(13)9-7-10(8-9)17(14,15)12-5-3-2-4-6-12/h9-10H,2-8H2,1H3/t9-,10-. The number of esters is 1. The van der Waals surface area contributed by atoms with Crippen LogP contribution in [-0.2, 0) is 19.6 Å². The Morgan fingerprint density at radius 1 is 1.18 bits per heavy atom. The zero-order valence-electron chi connectivity index (χ0n) is 10.1. The molecule has 0 bridgehead atoms. The minimum Gasteiger partial charge on any atom is -0.469 e. The van der Waals surface area contributed by atoms with Crippen LogP contribution in [0.2, 0.25) is 0 Å². The van der Waals surface area contributed by atoms with Gasteiger partial charge in [0, 0.05) is 13.1 Å². The summed E-state index contributed by atoms with van der Waals surface area (Å²) in [5, 5.41) is -0.371. The number of hydrogen-bond acceptors (Lipinski definition) is 4. The Balaban J connectivity index is 1.92. The Hall–Kier alpha value is -0.620. The fourth-order valence-corrected chi connectivity index (χ4v) is 4.64. The van der Waals surface area contributed by atoms with Gasteiger partial charge in [0.2, 0.25) is 10.0 Å². The molecule has 98 valence electrons. The molecule has 0 spiro atoms. The van der Waals surface area contributed by atoms with E-state index in [1.54, 1.807) is 4.31 Å². The Bertz CT molecular complexity index is 380. The van der Waals surface area contributed by atoms with Gasteiger partial charge in [-0.15, -0.1) is 0 Å². The topological polar surface area (TPSA) is 63.7 Å². The number of sulfonamides is 1.